The molecule has 2 nitrogen and oxygen atoms in total. The van der Waals surface area contributed by atoms with Crippen LogP contribution in [-0.4, -0.2) is 0 Å². The quantitative estimate of drug-likeness (QED) is 0.175. The van der Waals surface area contributed by atoms with E-state index in [4.69, 9.17) is 8.83 Å². The summed E-state index contributed by atoms with van der Waals surface area (Å²) >= 11 is 0. The zero-order valence-corrected chi connectivity index (χ0v) is 28.1. The van der Waals surface area contributed by atoms with Crippen molar-refractivity contribution < 1.29 is 8.83 Å². The van der Waals surface area contributed by atoms with Gasteiger partial charge in [-0.1, -0.05) is 152 Å². The van der Waals surface area contributed by atoms with E-state index in [9.17, 15) is 0 Å². The van der Waals surface area contributed by atoms with Gasteiger partial charge in [-0.15, -0.1) is 0 Å². The van der Waals surface area contributed by atoms with Crippen LogP contribution in [0.3, 0.4) is 0 Å². The van der Waals surface area contributed by atoms with Gasteiger partial charge in [0.1, 0.15) is 11.2 Å². The molecular formula is C50H30O2. The van der Waals surface area contributed by atoms with Gasteiger partial charge in [-0.3, -0.25) is 0 Å². The highest BCUT2D eigenvalue weighted by Gasteiger charge is 2.23. The predicted octanol–water partition coefficient (Wildman–Crippen LogP) is 14.5. The number of rotatable bonds is 4. The van der Waals surface area contributed by atoms with Crippen LogP contribution in [0.4, 0.5) is 0 Å². The van der Waals surface area contributed by atoms with Gasteiger partial charge in [-0.05, 0) is 96.4 Å². The maximum absolute atomic E-state index is 6.55. The highest BCUT2D eigenvalue weighted by atomic mass is 16.4. The zero-order valence-electron chi connectivity index (χ0n) is 28.1. The van der Waals surface area contributed by atoms with Gasteiger partial charge in [0.2, 0.25) is 0 Å². The van der Waals surface area contributed by atoms with Crippen LogP contribution >= 0.6 is 0 Å². The molecule has 0 saturated carbocycles. The minimum Gasteiger partial charge on any atom is -0.452 e. The lowest BCUT2D eigenvalue weighted by molar-refractivity contribution is 0.633. The molecule has 0 spiro atoms. The van der Waals surface area contributed by atoms with E-state index in [0.29, 0.717) is 0 Å². The molecule has 0 N–H and O–H groups in total. The normalized spacial score (nSPS) is 11.8. The molecule has 0 aliphatic heterocycles. The lowest BCUT2D eigenvalue weighted by atomic mass is 9.81. The second-order valence-electron chi connectivity index (χ2n) is 13.5. The van der Waals surface area contributed by atoms with Crippen molar-refractivity contribution in [3.8, 4) is 44.5 Å². The van der Waals surface area contributed by atoms with Gasteiger partial charge in [0, 0.05) is 21.5 Å². The highest BCUT2D eigenvalue weighted by molar-refractivity contribution is 6.25. The first-order chi connectivity index (χ1) is 25.8. The van der Waals surface area contributed by atoms with Crippen LogP contribution in [0.5, 0.6) is 0 Å². The summed E-state index contributed by atoms with van der Waals surface area (Å²) < 4.78 is 12.9. The molecule has 0 atom stereocenters. The van der Waals surface area contributed by atoms with E-state index in [1.54, 1.807) is 0 Å². The molecule has 9 aromatic carbocycles. The fraction of sp³-hybridized carbons (Fsp3) is 0. The average molecular weight is 663 g/mol. The largest absolute Gasteiger partial charge is 0.452 e. The van der Waals surface area contributed by atoms with Gasteiger partial charge in [0.15, 0.2) is 11.2 Å². The first kappa shape index (κ1) is 28.9. The number of fused-ring (bicyclic) bond motifs is 9. The molecular weight excluding hydrogens is 633 g/mol. The molecule has 0 radical (unpaired) electrons. The summed E-state index contributed by atoms with van der Waals surface area (Å²) in [5, 5.41) is 9.17. The number of benzene rings is 9. The van der Waals surface area contributed by atoms with Crippen molar-refractivity contribution in [1.29, 1.82) is 0 Å². The molecule has 0 fully saturated rings. The zero-order chi connectivity index (χ0) is 34.2. The SMILES string of the molecule is c1ccc(-c2cccc(-c3ccccc3)c2-c2c3ccccc3c(-c3ccc4oc5c(ccc6c7ccccc7oc65)c4c3)c3ccccc23)cc1. The predicted molar refractivity (Wildman–Crippen MR) is 218 cm³/mol. The van der Waals surface area contributed by atoms with Gasteiger partial charge < -0.3 is 8.83 Å². The van der Waals surface area contributed by atoms with Crippen molar-refractivity contribution >= 4 is 65.4 Å². The lowest BCUT2D eigenvalue weighted by Gasteiger charge is -2.22. The topological polar surface area (TPSA) is 26.3 Å². The summed E-state index contributed by atoms with van der Waals surface area (Å²) in [6.07, 6.45) is 0. The van der Waals surface area contributed by atoms with E-state index in [1.807, 2.05) is 12.1 Å². The molecule has 11 rings (SSSR count). The van der Waals surface area contributed by atoms with Crippen molar-refractivity contribution in [1.82, 2.24) is 0 Å². The summed E-state index contributed by atoms with van der Waals surface area (Å²) in [4.78, 5) is 0. The Morgan fingerprint density at radius 3 is 1.29 bits per heavy atom. The third-order valence-corrected chi connectivity index (χ3v) is 10.7. The minimum absolute atomic E-state index is 0.789. The van der Waals surface area contributed by atoms with Crippen molar-refractivity contribution in [3.63, 3.8) is 0 Å². The third-order valence-electron chi connectivity index (χ3n) is 10.7. The standard InChI is InChI=1S/C50H30O2/c1-3-14-31(15-4-1)34-23-13-24-35(32-16-5-2-6-17-32)47(34)48-39-21-9-7-19-37(39)46(38-20-8-10-22-40(38)48)33-26-29-45-43(30-33)42-28-27-41-36-18-11-12-25-44(36)51-49(41)50(42)52-45/h1-30H. The molecule has 11 aromatic rings. The Bertz CT molecular complexity index is 3050. The van der Waals surface area contributed by atoms with Crippen LogP contribution in [0, 0.1) is 0 Å². The second kappa shape index (κ2) is 11.3. The number of hydrogen-bond acceptors (Lipinski definition) is 2. The fourth-order valence-corrected chi connectivity index (χ4v) is 8.42. The van der Waals surface area contributed by atoms with Crippen molar-refractivity contribution in [2.45, 2.75) is 0 Å². The summed E-state index contributed by atoms with van der Waals surface area (Å²) in [5.74, 6) is 0. The second-order valence-corrected chi connectivity index (χ2v) is 13.5. The van der Waals surface area contributed by atoms with Crippen molar-refractivity contribution in [2.24, 2.45) is 0 Å². The average Bonchev–Trinajstić information content (AvgIpc) is 3.79. The first-order valence-electron chi connectivity index (χ1n) is 17.8. The fourth-order valence-electron chi connectivity index (χ4n) is 8.42. The van der Waals surface area contributed by atoms with Crippen molar-refractivity contribution in [2.75, 3.05) is 0 Å². The Morgan fingerprint density at radius 1 is 0.250 bits per heavy atom. The maximum atomic E-state index is 6.55. The molecule has 242 valence electrons. The third kappa shape index (κ3) is 4.25. The Balaban J connectivity index is 1.22. The van der Waals surface area contributed by atoms with Gasteiger partial charge in [-0.25, -0.2) is 0 Å². The molecule has 0 saturated heterocycles. The molecule has 2 heterocycles. The Kier molecular flexibility index (Phi) is 6.28. The molecule has 0 bridgehead atoms. The van der Waals surface area contributed by atoms with E-state index in [2.05, 4.69) is 170 Å². The summed E-state index contributed by atoms with van der Waals surface area (Å²) in [5.41, 5.74) is 13.0. The molecule has 0 aliphatic carbocycles. The number of hydrogen-bond donors (Lipinski definition) is 0. The van der Waals surface area contributed by atoms with E-state index in [-0.39, 0.29) is 0 Å². The molecule has 2 aromatic heterocycles. The van der Waals surface area contributed by atoms with Crippen LogP contribution in [0.1, 0.15) is 0 Å². The first-order valence-corrected chi connectivity index (χ1v) is 17.8. The lowest BCUT2D eigenvalue weighted by Crippen LogP contribution is -1.95. The van der Waals surface area contributed by atoms with E-state index < -0.39 is 0 Å². The Hall–Kier alpha value is -6.90. The number of furan rings is 2. The Morgan fingerprint density at radius 2 is 0.712 bits per heavy atom. The minimum atomic E-state index is 0.789. The van der Waals surface area contributed by atoms with Crippen LogP contribution in [-0.2, 0) is 0 Å². The van der Waals surface area contributed by atoms with Crippen molar-refractivity contribution in [3.05, 3.63) is 182 Å². The molecule has 52 heavy (non-hydrogen) atoms. The molecule has 2 heteroatoms. The van der Waals surface area contributed by atoms with Crippen LogP contribution in [0.25, 0.3) is 110 Å². The monoisotopic (exact) mass is 662 g/mol. The van der Waals surface area contributed by atoms with Crippen LogP contribution in [0.2, 0.25) is 0 Å². The van der Waals surface area contributed by atoms with E-state index >= 15 is 0 Å². The van der Waals surface area contributed by atoms with E-state index in [0.717, 1.165) is 49.4 Å². The molecule has 0 amide bonds. The molecule has 0 aliphatic rings. The smallest absolute Gasteiger partial charge is 0.178 e. The number of para-hydroxylation sites is 1. The van der Waals surface area contributed by atoms with Gasteiger partial charge in [0.25, 0.3) is 0 Å². The summed E-state index contributed by atoms with van der Waals surface area (Å²) in [6.45, 7) is 0. The summed E-state index contributed by atoms with van der Waals surface area (Å²) in [7, 11) is 0. The summed E-state index contributed by atoms with van der Waals surface area (Å²) in [6, 6.07) is 65.3. The van der Waals surface area contributed by atoms with Gasteiger partial charge in [0.05, 0.1) is 0 Å². The Labute approximate surface area is 299 Å². The highest BCUT2D eigenvalue weighted by Crippen LogP contribution is 2.50. The van der Waals surface area contributed by atoms with Crippen LogP contribution in [0.15, 0.2) is 191 Å². The van der Waals surface area contributed by atoms with Crippen LogP contribution < -0.4 is 0 Å². The molecule has 0 unspecified atom stereocenters. The van der Waals surface area contributed by atoms with Gasteiger partial charge in [-0.2, -0.15) is 0 Å². The maximum Gasteiger partial charge on any atom is 0.178 e. The van der Waals surface area contributed by atoms with Gasteiger partial charge >= 0.3 is 0 Å². The van der Waals surface area contributed by atoms with E-state index in [1.165, 1.54) is 60.5 Å².